The number of rotatable bonds is 4. The summed E-state index contributed by atoms with van der Waals surface area (Å²) in [5.74, 6) is -0.442. The molecule has 4 atom stereocenters. The SMILES string of the molecule is CCc1ccc(Oc2ccc(C(F)(F)F)c(C#N)c2)cc1C1=C(O)C2C3CCC(O3)C2C1=O. The number of hydrogen-bond donors (Lipinski definition) is 1. The summed E-state index contributed by atoms with van der Waals surface area (Å²) in [5, 5.41) is 20.1. The van der Waals surface area contributed by atoms with Gasteiger partial charge in [0.1, 0.15) is 17.3 Å². The summed E-state index contributed by atoms with van der Waals surface area (Å²) in [6, 6.07) is 9.58. The molecule has 4 unspecified atom stereocenters. The number of ether oxygens (including phenoxy) is 2. The van der Waals surface area contributed by atoms with Crippen molar-refractivity contribution in [1.82, 2.24) is 0 Å². The van der Waals surface area contributed by atoms with E-state index in [1.165, 1.54) is 0 Å². The van der Waals surface area contributed by atoms with E-state index in [0.717, 1.165) is 36.6 Å². The van der Waals surface area contributed by atoms with Crippen LogP contribution in [0, 0.1) is 23.2 Å². The van der Waals surface area contributed by atoms with Crippen molar-refractivity contribution in [1.29, 1.82) is 5.26 Å². The van der Waals surface area contributed by atoms with Crippen molar-refractivity contribution >= 4 is 11.4 Å². The minimum absolute atomic E-state index is 0.0466. The van der Waals surface area contributed by atoms with Crippen LogP contribution < -0.4 is 4.74 Å². The number of benzene rings is 2. The third-order valence-electron chi connectivity index (χ3n) is 6.78. The number of nitrogens with zero attached hydrogens (tertiary/aromatic N) is 1. The van der Waals surface area contributed by atoms with Gasteiger partial charge in [-0.2, -0.15) is 18.4 Å². The fraction of sp³-hybridized carbons (Fsp3) is 0.360. The quantitative estimate of drug-likeness (QED) is 0.651. The van der Waals surface area contributed by atoms with E-state index in [-0.39, 0.29) is 52.7 Å². The van der Waals surface area contributed by atoms with E-state index in [0.29, 0.717) is 12.0 Å². The maximum atomic E-state index is 13.3. The van der Waals surface area contributed by atoms with Crippen LogP contribution in [0.2, 0.25) is 0 Å². The molecule has 2 aromatic carbocycles. The van der Waals surface area contributed by atoms with Gasteiger partial charge in [-0.25, -0.2) is 0 Å². The first-order valence-corrected chi connectivity index (χ1v) is 10.8. The molecule has 8 heteroatoms. The van der Waals surface area contributed by atoms with Crippen LogP contribution in [0.5, 0.6) is 11.5 Å². The molecule has 3 aliphatic rings. The number of allylic oxidation sites excluding steroid dienone is 1. The molecule has 2 fully saturated rings. The van der Waals surface area contributed by atoms with Gasteiger partial charge in [0.15, 0.2) is 5.78 Å². The largest absolute Gasteiger partial charge is 0.511 e. The molecule has 2 aliphatic heterocycles. The third kappa shape index (κ3) is 3.39. The Morgan fingerprint density at radius 1 is 1.12 bits per heavy atom. The van der Waals surface area contributed by atoms with E-state index >= 15 is 0 Å². The van der Waals surface area contributed by atoms with Gasteiger partial charge in [-0.15, -0.1) is 0 Å². The minimum Gasteiger partial charge on any atom is -0.511 e. The van der Waals surface area contributed by atoms with Crippen LogP contribution in [-0.2, 0) is 22.1 Å². The normalized spacial score (nSPS) is 26.0. The molecule has 33 heavy (non-hydrogen) atoms. The van der Waals surface area contributed by atoms with Crippen LogP contribution in [0.4, 0.5) is 13.2 Å². The van der Waals surface area contributed by atoms with Crippen molar-refractivity contribution in [3.8, 4) is 17.6 Å². The van der Waals surface area contributed by atoms with E-state index in [1.54, 1.807) is 24.3 Å². The second-order valence-corrected chi connectivity index (χ2v) is 8.56. The third-order valence-corrected chi connectivity index (χ3v) is 6.78. The number of fused-ring (bicyclic) bond motifs is 5. The van der Waals surface area contributed by atoms with Crippen LogP contribution >= 0.6 is 0 Å². The molecule has 1 N–H and O–H groups in total. The number of carbonyl (C=O) groups excluding carboxylic acids is 1. The highest BCUT2D eigenvalue weighted by Gasteiger charge is 2.59. The average Bonchev–Trinajstić information content (AvgIpc) is 3.46. The Balaban J connectivity index is 1.51. The molecular formula is C25H20F3NO4. The highest BCUT2D eigenvalue weighted by molar-refractivity contribution is 6.25. The Morgan fingerprint density at radius 2 is 1.79 bits per heavy atom. The van der Waals surface area contributed by atoms with Crippen molar-refractivity contribution in [2.75, 3.05) is 0 Å². The average molecular weight is 455 g/mol. The van der Waals surface area contributed by atoms with Gasteiger partial charge in [-0.05, 0) is 60.7 Å². The number of aliphatic hydroxyl groups is 1. The molecule has 5 nitrogen and oxygen atoms in total. The molecule has 0 amide bonds. The highest BCUT2D eigenvalue weighted by atomic mass is 19.4. The maximum Gasteiger partial charge on any atom is 0.417 e. The maximum absolute atomic E-state index is 13.3. The zero-order valence-electron chi connectivity index (χ0n) is 17.6. The number of halogens is 3. The molecule has 2 heterocycles. The minimum atomic E-state index is -4.65. The number of Topliss-reactive ketones (excluding diaryl/α,β-unsaturated/α-hetero) is 1. The molecule has 5 rings (SSSR count). The summed E-state index contributed by atoms with van der Waals surface area (Å²) in [4.78, 5) is 13.3. The van der Waals surface area contributed by atoms with Crippen molar-refractivity contribution in [3.05, 3.63) is 64.4 Å². The molecule has 170 valence electrons. The predicted molar refractivity (Wildman–Crippen MR) is 111 cm³/mol. The fourth-order valence-electron chi connectivity index (χ4n) is 5.31. The molecule has 0 saturated carbocycles. The van der Waals surface area contributed by atoms with Gasteiger partial charge in [0.05, 0.1) is 46.8 Å². The Hall–Kier alpha value is -3.31. The number of carbonyl (C=O) groups is 1. The first kappa shape index (κ1) is 21.5. The monoisotopic (exact) mass is 455 g/mol. The Labute approximate surface area is 188 Å². The number of hydrogen-bond acceptors (Lipinski definition) is 5. The molecule has 2 saturated heterocycles. The summed E-state index contributed by atoms with van der Waals surface area (Å²) >= 11 is 0. The predicted octanol–water partition coefficient (Wildman–Crippen LogP) is 5.58. The highest BCUT2D eigenvalue weighted by Crippen LogP contribution is 2.54. The van der Waals surface area contributed by atoms with Crippen LogP contribution in [0.3, 0.4) is 0 Å². The fourth-order valence-corrected chi connectivity index (χ4v) is 5.31. The number of nitriles is 1. The zero-order chi connectivity index (χ0) is 23.5. The lowest BCUT2D eigenvalue weighted by atomic mass is 9.80. The lowest BCUT2D eigenvalue weighted by molar-refractivity contribution is -0.137. The molecule has 2 bridgehead atoms. The summed E-state index contributed by atoms with van der Waals surface area (Å²) < 4.78 is 50.8. The van der Waals surface area contributed by atoms with E-state index in [1.807, 2.05) is 6.92 Å². The van der Waals surface area contributed by atoms with Crippen molar-refractivity contribution in [2.45, 2.75) is 44.6 Å². The molecule has 0 spiro atoms. The molecular weight excluding hydrogens is 435 g/mol. The lowest BCUT2D eigenvalue weighted by Gasteiger charge is -2.19. The second-order valence-electron chi connectivity index (χ2n) is 8.56. The van der Waals surface area contributed by atoms with Gasteiger partial charge in [0, 0.05) is 0 Å². The van der Waals surface area contributed by atoms with Crippen LogP contribution in [0.25, 0.3) is 5.57 Å². The Kier molecular flexibility index (Phi) is 4.98. The smallest absolute Gasteiger partial charge is 0.417 e. The number of aryl methyl sites for hydroxylation is 1. The number of alkyl halides is 3. The molecule has 2 aromatic rings. The van der Waals surface area contributed by atoms with E-state index in [9.17, 15) is 23.1 Å². The summed E-state index contributed by atoms with van der Waals surface area (Å²) in [6.07, 6.45) is -2.74. The molecule has 1 aliphatic carbocycles. The van der Waals surface area contributed by atoms with Crippen molar-refractivity contribution in [2.24, 2.45) is 11.8 Å². The van der Waals surface area contributed by atoms with Crippen LogP contribution in [-0.4, -0.2) is 23.1 Å². The van der Waals surface area contributed by atoms with Crippen LogP contribution in [0.15, 0.2) is 42.2 Å². The first-order chi connectivity index (χ1) is 15.7. The summed E-state index contributed by atoms with van der Waals surface area (Å²) in [5.41, 5.74) is 0.0985. The van der Waals surface area contributed by atoms with Gasteiger partial charge >= 0.3 is 6.18 Å². The van der Waals surface area contributed by atoms with E-state index < -0.39 is 17.3 Å². The number of aliphatic hydroxyl groups excluding tert-OH is 1. The van der Waals surface area contributed by atoms with E-state index in [4.69, 9.17) is 14.7 Å². The molecule has 0 radical (unpaired) electrons. The van der Waals surface area contributed by atoms with Gasteiger partial charge in [-0.3, -0.25) is 4.79 Å². The zero-order valence-corrected chi connectivity index (χ0v) is 17.6. The lowest BCUT2D eigenvalue weighted by Crippen LogP contribution is -2.29. The van der Waals surface area contributed by atoms with Gasteiger partial charge in [0.25, 0.3) is 0 Å². The summed E-state index contributed by atoms with van der Waals surface area (Å²) in [6.45, 7) is 1.93. The standard InChI is InChI=1S/C25H20F3NO4/c1-2-12-3-4-15(32-14-5-6-17(25(26,27)28)13(9-14)11-29)10-16(12)20-23(30)21-18-7-8-19(33-18)22(21)24(20)31/h3-6,9-10,18-19,21-22,30H,2,7-8H2,1H3. The van der Waals surface area contributed by atoms with Gasteiger partial charge < -0.3 is 14.6 Å². The van der Waals surface area contributed by atoms with Crippen molar-refractivity contribution in [3.63, 3.8) is 0 Å². The van der Waals surface area contributed by atoms with Crippen LogP contribution in [0.1, 0.15) is 42.0 Å². The Morgan fingerprint density at radius 3 is 2.42 bits per heavy atom. The number of ketones is 1. The van der Waals surface area contributed by atoms with Gasteiger partial charge in [0.2, 0.25) is 0 Å². The van der Waals surface area contributed by atoms with Crippen molar-refractivity contribution < 1.29 is 32.5 Å². The second kappa shape index (κ2) is 7.63. The first-order valence-electron chi connectivity index (χ1n) is 10.8. The topological polar surface area (TPSA) is 79.6 Å². The Bertz CT molecular complexity index is 1230. The van der Waals surface area contributed by atoms with E-state index in [2.05, 4.69) is 0 Å². The molecule has 0 aromatic heterocycles. The van der Waals surface area contributed by atoms with Gasteiger partial charge in [-0.1, -0.05) is 13.0 Å². The summed E-state index contributed by atoms with van der Waals surface area (Å²) in [7, 11) is 0.